The summed E-state index contributed by atoms with van der Waals surface area (Å²) in [5, 5.41) is 0.746. The van der Waals surface area contributed by atoms with Gasteiger partial charge in [0.15, 0.2) is 5.82 Å². The molecule has 0 bridgehead atoms. The number of halogens is 3. The first-order chi connectivity index (χ1) is 10.9. The number of pyridine rings is 1. The van der Waals surface area contributed by atoms with Gasteiger partial charge < -0.3 is 4.57 Å². The van der Waals surface area contributed by atoms with Crippen molar-refractivity contribution in [2.75, 3.05) is 0 Å². The van der Waals surface area contributed by atoms with Crippen LogP contribution in [0.4, 0.5) is 4.39 Å². The molecule has 3 nitrogen and oxygen atoms in total. The first-order valence-corrected chi connectivity index (χ1v) is 8.19. The van der Waals surface area contributed by atoms with Gasteiger partial charge in [-0.2, -0.15) is 0 Å². The molecule has 0 fully saturated rings. The third kappa shape index (κ3) is 2.81. The normalized spacial score (nSPS) is 11.6. The van der Waals surface area contributed by atoms with Crippen molar-refractivity contribution in [3.05, 3.63) is 46.2 Å². The van der Waals surface area contributed by atoms with Crippen LogP contribution in [0.2, 0.25) is 10.2 Å². The van der Waals surface area contributed by atoms with Gasteiger partial charge in [0.1, 0.15) is 16.5 Å². The van der Waals surface area contributed by atoms with Crippen LogP contribution in [0.25, 0.3) is 22.2 Å². The Morgan fingerprint density at radius 1 is 1.22 bits per heavy atom. The summed E-state index contributed by atoms with van der Waals surface area (Å²) in [6, 6.07) is 5.17. The van der Waals surface area contributed by atoms with Crippen LogP contribution >= 0.6 is 23.2 Å². The lowest BCUT2D eigenvalue weighted by Crippen LogP contribution is -2.05. The van der Waals surface area contributed by atoms with E-state index >= 15 is 0 Å². The molecule has 0 spiro atoms. The molecule has 0 unspecified atom stereocenters. The minimum Gasteiger partial charge on any atom is -0.325 e. The number of hydrogen-bond donors (Lipinski definition) is 0. The fraction of sp³-hybridized carbons (Fsp3) is 0.294. The number of rotatable bonds is 3. The number of benzene rings is 1. The Hall–Kier alpha value is -1.65. The summed E-state index contributed by atoms with van der Waals surface area (Å²) in [6.45, 7) is 6.13. The Kier molecular flexibility index (Phi) is 4.30. The third-order valence-electron chi connectivity index (χ3n) is 3.79. The Labute approximate surface area is 144 Å². The minimum atomic E-state index is -0.365. The molecular weight excluding hydrogens is 336 g/mol. The van der Waals surface area contributed by atoms with Crippen LogP contribution in [0.3, 0.4) is 0 Å². The van der Waals surface area contributed by atoms with Crippen LogP contribution in [0.1, 0.15) is 32.6 Å². The third-order valence-corrected chi connectivity index (χ3v) is 4.30. The molecule has 2 heterocycles. The van der Waals surface area contributed by atoms with Crippen molar-refractivity contribution in [1.29, 1.82) is 0 Å². The van der Waals surface area contributed by atoms with Crippen LogP contribution in [-0.4, -0.2) is 14.5 Å². The van der Waals surface area contributed by atoms with Crippen molar-refractivity contribution < 1.29 is 4.39 Å². The maximum absolute atomic E-state index is 14.6. The zero-order valence-electron chi connectivity index (χ0n) is 13.1. The van der Waals surface area contributed by atoms with E-state index in [1.54, 1.807) is 6.07 Å². The predicted octanol–water partition coefficient (Wildman–Crippen LogP) is 5.69. The zero-order chi connectivity index (χ0) is 16.7. The number of hydrogen-bond acceptors (Lipinski definition) is 2. The topological polar surface area (TPSA) is 30.7 Å². The Bertz CT molecular complexity index is 887. The molecule has 0 radical (unpaired) electrons. The van der Waals surface area contributed by atoms with Crippen LogP contribution in [0.5, 0.6) is 0 Å². The highest BCUT2D eigenvalue weighted by Crippen LogP contribution is 2.34. The molecule has 1 aromatic carbocycles. The van der Waals surface area contributed by atoms with Crippen LogP contribution in [0, 0.1) is 5.82 Å². The smallest absolute Gasteiger partial charge is 0.151 e. The van der Waals surface area contributed by atoms with Crippen molar-refractivity contribution in [3.8, 4) is 11.1 Å². The largest absolute Gasteiger partial charge is 0.325 e. The molecule has 3 rings (SSSR count). The van der Waals surface area contributed by atoms with E-state index < -0.39 is 0 Å². The maximum atomic E-state index is 14.6. The molecule has 0 aliphatic carbocycles. The van der Waals surface area contributed by atoms with E-state index in [2.05, 4.69) is 28.4 Å². The summed E-state index contributed by atoms with van der Waals surface area (Å²) >= 11 is 12.2. The molecule has 0 saturated heterocycles. The van der Waals surface area contributed by atoms with Crippen molar-refractivity contribution in [1.82, 2.24) is 14.5 Å². The first-order valence-electron chi connectivity index (χ1n) is 7.44. The summed E-state index contributed by atoms with van der Waals surface area (Å²) in [4.78, 5) is 8.38. The second-order valence-electron chi connectivity index (χ2n) is 5.66. The zero-order valence-corrected chi connectivity index (χ0v) is 14.6. The van der Waals surface area contributed by atoms with E-state index in [0.29, 0.717) is 26.8 Å². The van der Waals surface area contributed by atoms with Crippen molar-refractivity contribution in [2.45, 2.75) is 33.2 Å². The van der Waals surface area contributed by atoms with Gasteiger partial charge in [-0.1, -0.05) is 30.1 Å². The molecule has 2 aromatic heterocycles. The van der Waals surface area contributed by atoms with E-state index in [0.717, 1.165) is 17.8 Å². The number of nitrogens with zero attached hydrogens (tertiary/aromatic N) is 3. The highest BCUT2D eigenvalue weighted by molar-refractivity contribution is 6.34. The van der Waals surface area contributed by atoms with E-state index in [9.17, 15) is 4.39 Å². The van der Waals surface area contributed by atoms with E-state index in [-0.39, 0.29) is 11.9 Å². The highest BCUT2D eigenvalue weighted by Gasteiger charge is 2.17. The van der Waals surface area contributed by atoms with Gasteiger partial charge >= 0.3 is 0 Å². The van der Waals surface area contributed by atoms with Crippen LogP contribution in [-0.2, 0) is 6.42 Å². The fourth-order valence-corrected chi connectivity index (χ4v) is 3.19. The molecule has 0 saturated carbocycles. The average Bonchev–Trinajstić information content (AvgIpc) is 2.89. The first kappa shape index (κ1) is 16.2. The fourth-order valence-electron chi connectivity index (χ4n) is 2.82. The molecule has 120 valence electrons. The summed E-state index contributed by atoms with van der Waals surface area (Å²) in [5.41, 5.74) is 2.46. The lowest BCUT2D eigenvalue weighted by molar-refractivity contribution is 0.588. The van der Waals surface area contributed by atoms with Gasteiger partial charge in [0.2, 0.25) is 0 Å². The average molecular weight is 352 g/mol. The molecule has 0 atom stereocenters. The van der Waals surface area contributed by atoms with Gasteiger partial charge in [0, 0.05) is 24.2 Å². The van der Waals surface area contributed by atoms with Crippen molar-refractivity contribution in [2.24, 2.45) is 0 Å². The number of fused-ring (bicyclic) bond motifs is 1. The summed E-state index contributed by atoms with van der Waals surface area (Å²) in [7, 11) is 0. The van der Waals surface area contributed by atoms with E-state index in [1.807, 2.05) is 13.0 Å². The van der Waals surface area contributed by atoms with Crippen LogP contribution in [0.15, 0.2) is 24.4 Å². The van der Waals surface area contributed by atoms with Gasteiger partial charge in [-0.25, -0.2) is 14.4 Å². The van der Waals surface area contributed by atoms with Gasteiger partial charge in [-0.3, -0.25) is 0 Å². The molecule has 6 heteroatoms. The molecule has 0 aliphatic rings. The molecule has 3 aromatic rings. The van der Waals surface area contributed by atoms with E-state index in [1.165, 1.54) is 12.3 Å². The number of imidazole rings is 1. The van der Waals surface area contributed by atoms with Gasteiger partial charge in [0.05, 0.1) is 10.5 Å². The van der Waals surface area contributed by atoms with Gasteiger partial charge in [-0.15, -0.1) is 0 Å². The SMILES string of the molecule is CCc1nc2c(F)cc(-c3cc(Cl)ncc3Cl)cc2n1C(C)C. The monoisotopic (exact) mass is 351 g/mol. The number of aryl methyl sites for hydroxylation is 1. The summed E-state index contributed by atoms with van der Waals surface area (Å²) in [6.07, 6.45) is 2.21. The second kappa shape index (κ2) is 6.10. The summed E-state index contributed by atoms with van der Waals surface area (Å²) < 4.78 is 16.6. The van der Waals surface area contributed by atoms with Crippen molar-refractivity contribution >= 4 is 34.2 Å². The van der Waals surface area contributed by atoms with Gasteiger partial charge in [-0.05, 0) is 37.6 Å². The lowest BCUT2D eigenvalue weighted by atomic mass is 10.1. The highest BCUT2D eigenvalue weighted by atomic mass is 35.5. The van der Waals surface area contributed by atoms with Crippen LogP contribution < -0.4 is 0 Å². The molecule has 0 N–H and O–H groups in total. The van der Waals surface area contributed by atoms with Crippen molar-refractivity contribution in [3.63, 3.8) is 0 Å². The van der Waals surface area contributed by atoms with Gasteiger partial charge in [0.25, 0.3) is 0 Å². The molecule has 23 heavy (non-hydrogen) atoms. The molecule has 0 amide bonds. The standard InChI is InChI=1S/C17H16Cl2FN3/c1-4-16-22-17-13(20)5-10(6-14(17)23(16)9(2)3)11-7-15(19)21-8-12(11)18/h5-9H,4H2,1-3H3. The Morgan fingerprint density at radius 3 is 2.61 bits per heavy atom. The minimum absolute atomic E-state index is 0.182. The maximum Gasteiger partial charge on any atom is 0.151 e. The van der Waals surface area contributed by atoms with E-state index in [4.69, 9.17) is 23.2 Å². The lowest BCUT2D eigenvalue weighted by Gasteiger charge is -2.13. The molecular formula is C17H16Cl2FN3. The Morgan fingerprint density at radius 2 is 1.96 bits per heavy atom. The Balaban J connectivity index is 2.32. The quantitative estimate of drug-likeness (QED) is 0.567. The number of aromatic nitrogens is 3. The second-order valence-corrected chi connectivity index (χ2v) is 6.45. The molecule has 0 aliphatic heterocycles. The predicted molar refractivity (Wildman–Crippen MR) is 92.7 cm³/mol. The summed E-state index contributed by atoms with van der Waals surface area (Å²) in [5.74, 6) is 0.500.